The van der Waals surface area contributed by atoms with Crippen LogP contribution in [-0.4, -0.2) is 41.4 Å². The van der Waals surface area contributed by atoms with Crippen molar-refractivity contribution in [1.29, 1.82) is 0 Å². The highest BCUT2D eigenvalue weighted by Crippen LogP contribution is 2.36. The second-order valence-corrected chi connectivity index (χ2v) is 10.7. The predicted octanol–water partition coefficient (Wildman–Crippen LogP) is 5.08. The van der Waals surface area contributed by atoms with Gasteiger partial charge in [-0.2, -0.15) is 0 Å². The molecule has 7 nitrogen and oxygen atoms in total. The lowest BCUT2D eigenvalue weighted by atomic mass is 9.97. The number of ether oxygens (including phenoxy) is 3. The summed E-state index contributed by atoms with van der Waals surface area (Å²) in [6.07, 6.45) is 4.09. The Bertz CT molecular complexity index is 1540. The zero-order chi connectivity index (χ0) is 24.6. The number of aromatic nitrogens is 2. The van der Waals surface area contributed by atoms with Gasteiger partial charge in [-0.1, -0.05) is 23.9 Å². The smallest absolute Gasteiger partial charge is 0.267 e. The molecule has 9 heteroatoms. The van der Waals surface area contributed by atoms with Crippen LogP contribution in [0, 0.1) is 0 Å². The second kappa shape index (κ2) is 9.63. The van der Waals surface area contributed by atoms with Crippen molar-refractivity contribution in [3.05, 3.63) is 68.8 Å². The number of benzene rings is 2. The molecule has 1 aliphatic carbocycles. The van der Waals surface area contributed by atoms with E-state index in [9.17, 15) is 9.59 Å². The van der Waals surface area contributed by atoms with E-state index < -0.39 is 0 Å². The first-order valence-electron chi connectivity index (χ1n) is 11.9. The molecule has 0 radical (unpaired) electrons. The number of hydrogen-bond acceptors (Lipinski definition) is 8. The predicted molar refractivity (Wildman–Crippen MR) is 141 cm³/mol. The third-order valence-corrected chi connectivity index (χ3v) is 8.61. The summed E-state index contributed by atoms with van der Waals surface area (Å²) in [6, 6.07) is 12.6. The number of rotatable bonds is 6. The third-order valence-electron chi connectivity index (χ3n) is 6.48. The number of methoxy groups -OCH3 is 1. The number of thioether (sulfide) groups is 1. The number of hydrogen-bond donors (Lipinski definition) is 0. The van der Waals surface area contributed by atoms with Crippen LogP contribution in [0.25, 0.3) is 15.9 Å². The Morgan fingerprint density at radius 2 is 1.92 bits per heavy atom. The molecule has 3 heterocycles. The van der Waals surface area contributed by atoms with E-state index in [4.69, 9.17) is 19.2 Å². The van der Waals surface area contributed by atoms with Gasteiger partial charge in [0.15, 0.2) is 22.4 Å². The highest BCUT2D eigenvalue weighted by atomic mass is 32.2. The van der Waals surface area contributed by atoms with Gasteiger partial charge in [0.25, 0.3) is 5.56 Å². The second-order valence-electron chi connectivity index (χ2n) is 8.67. The van der Waals surface area contributed by atoms with Crippen LogP contribution in [-0.2, 0) is 12.8 Å². The lowest BCUT2D eigenvalue weighted by molar-refractivity contribution is 0.102. The molecule has 1 aliphatic heterocycles. The van der Waals surface area contributed by atoms with E-state index in [2.05, 4.69) is 0 Å². The molecule has 36 heavy (non-hydrogen) atoms. The maximum Gasteiger partial charge on any atom is 0.267 e. The van der Waals surface area contributed by atoms with Gasteiger partial charge < -0.3 is 14.2 Å². The molecule has 0 bridgehead atoms. The summed E-state index contributed by atoms with van der Waals surface area (Å²) in [5, 5.41) is 1.17. The maximum absolute atomic E-state index is 14.0. The summed E-state index contributed by atoms with van der Waals surface area (Å²) in [7, 11) is 1.58. The Morgan fingerprint density at radius 3 is 2.78 bits per heavy atom. The van der Waals surface area contributed by atoms with Crippen LogP contribution in [0.4, 0.5) is 0 Å². The molecule has 0 unspecified atom stereocenters. The highest BCUT2D eigenvalue weighted by Gasteiger charge is 2.24. The Morgan fingerprint density at radius 1 is 1.11 bits per heavy atom. The first-order valence-corrected chi connectivity index (χ1v) is 13.7. The minimum atomic E-state index is -0.113. The van der Waals surface area contributed by atoms with Gasteiger partial charge in [0.1, 0.15) is 23.8 Å². The molecule has 0 atom stereocenters. The van der Waals surface area contributed by atoms with Gasteiger partial charge in [-0.25, -0.2) is 4.98 Å². The van der Waals surface area contributed by atoms with Gasteiger partial charge in [-0.05, 0) is 61.6 Å². The Hall–Kier alpha value is -3.30. The molecule has 0 N–H and O–H groups in total. The number of Topliss-reactive ketones (excluding diaryl/α,β-unsaturated/α-hetero) is 1. The SMILES string of the molecule is COc1ccccc1-n1c(SCC(=O)c2ccc3c(c2)OCCO3)nc2sc3c(c2c1=O)CCCC3. The topological polar surface area (TPSA) is 79.7 Å². The molecule has 2 aromatic heterocycles. The number of nitrogens with zero attached hydrogens (tertiary/aromatic N) is 2. The molecule has 2 aliphatic rings. The number of carbonyl (C=O) groups excluding carboxylic acids is 1. The van der Waals surface area contributed by atoms with Gasteiger partial charge in [0.05, 0.1) is 23.9 Å². The van der Waals surface area contributed by atoms with E-state index in [1.54, 1.807) is 41.2 Å². The van der Waals surface area contributed by atoms with Crippen molar-refractivity contribution in [2.75, 3.05) is 26.1 Å². The van der Waals surface area contributed by atoms with Crippen LogP contribution in [0.1, 0.15) is 33.6 Å². The van der Waals surface area contributed by atoms with Crippen molar-refractivity contribution in [1.82, 2.24) is 9.55 Å². The van der Waals surface area contributed by atoms with Crippen molar-refractivity contribution < 1.29 is 19.0 Å². The van der Waals surface area contributed by atoms with Crippen molar-refractivity contribution >= 4 is 39.1 Å². The average Bonchev–Trinajstić information content (AvgIpc) is 3.30. The summed E-state index contributed by atoms with van der Waals surface area (Å²) in [4.78, 5) is 34.0. The lowest BCUT2D eigenvalue weighted by Crippen LogP contribution is -2.23. The Kier molecular flexibility index (Phi) is 6.18. The van der Waals surface area contributed by atoms with Crippen LogP contribution in [0.2, 0.25) is 0 Å². The Labute approximate surface area is 216 Å². The van der Waals surface area contributed by atoms with Crippen molar-refractivity contribution in [2.24, 2.45) is 0 Å². The van der Waals surface area contributed by atoms with E-state index in [0.717, 1.165) is 36.1 Å². The van der Waals surface area contributed by atoms with E-state index in [1.165, 1.54) is 16.6 Å². The molecule has 0 spiro atoms. The number of aryl methyl sites for hydroxylation is 2. The van der Waals surface area contributed by atoms with Crippen molar-refractivity contribution in [2.45, 2.75) is 30.8 Å². The first-order chi connectivity index (χ1) is 17.6. The van der Waals surface area contributed by atoms with E-state index >= 15 is 0 Å². The number of carbonyl (C=O) groups is 1. The molecular weight excluding hydrogens is 496 g/mol. The van der Waals surface area contributed by atoms with Gasteiger partial charge in [-0.15, -0.1) is 11.3 Å². The van der Waals surface area contributed by atoms with E-state index in [0.29, 0.717) is 52.3 Å². The zero-order valence-electron chi connectivity index (χ0n) is 19.7. The zero-order valence-corrected chi connectivity index (χ0v) is 21.4. The lowest BCUT2D eigenvalue weighted by Gasteiger charge is -2.18. The number of thiophene rings is 1. The van der Waals surface area contributed by atoms with Crippen LogP contribution >= 0.6 is 23.1 Å². The number of para-hydroxylation sites is 2. The summed E-state index contributed by atoms with van der Waals surface area (Å²) in [5.41, 5.74) is 2.17. The molecule has 0 saturated heterocycles. The fraction of sp³-hybridized carbons (Fsp3) is 0.296. The normalized spacial score (nSPS) is 14.5. The molecule has 6 rings (SSSR count). The van der Waals surface area contributed by atoms with Gasteiger partial charge >= 0.3 is 0 Å². The summed E-state index contributed by atoms with van der Waals surface area (Å²) in [5.74, 6) is 1.84. The molecule has 2 aromatic carbocycles. The van der Waals surface area contributed by atoms with Crippen molar-refractivity contribution in [3.8, 4) is 22.9 Å². The summed E-state index contributed by atoms with van der Waals surface area (Å²) < 4.78 is 18.4. The largest absolute Gasteiger partial charge is 0.495 e. The van der Waals surface area contributed by atoms with Gasteiger partial charge in [0, 0.05) is 10.4 Å². The van der Waals surface area contributed by atoms with E-state index in [1.807, 2.05) is 24.3 Å². The van der Waals surface area contributed by atoms with E-state index in [-0.39, 0.29) is 17.1 Å². The van der Waals surface area contributed by atoms with Gasteiger partial charge in [-0.3, -0.25) is 14.2 Å². The molecule has 0 fully saturated rings. The molecule has 0 amide bonds. The van der Waals surface area contributed by atoms with Crippen molar-refractivity contribution in [3.63, 3.8) is 0 Å². The Balaban J connectivity index is 1.41. The standard InChI is InChI=1S/C27H24N2O5S2/c1-32-20-8-4-3-7-18(20)29-26(31)24-17-6-2-5-9-23(17)36-25(24)28-27(29)35-15-19(30)16-10-11-21-22(14-16)34-13-12-33-21/h3-4,7-8,10-11,14H,2,5-6,9,12-13,15H2,1H3. The molecule has 4 aromatic rings. The minimum absolute atomic E-state index is 0.0802. The number of fused-ring (bicyclic) bond motifs is 4. The molecule has 0 saturated carbocycles. The van der Waals surface area contributed by atoms with Gasteiger partial charge in [0.2, 0.25) is 0 Å². The van der Waals surface area contributed by atoms with Crippen LogP contribution in [0.15, 0.2) is 52.4 Å². The fourth-order valence-electron chi connectivity index (χ4n) is 4.74. The molecular formula is C27H24N2O5S2. The minimum Gasteiger partial charge on any atom is -0.495 e. The monoisotopic (exact) mass is 520 g/mol. The quantitative estimate of drug-likeness (QED) is 0.199. The fourth-order valence-corrected chi connectivity index (χ4v) is 6.94. The molecule has 184 valence electrons. The maximum atomic E-state index is 14.0. The first kappa shape index (κ1) is 23.1. The number of ketones is 1. The van der Waals surface area contributed by atoms with Crippen LogP contribution in [0.3, 0.4) is 0 Å². The summed E-state index contributed by atoms with van der Waals surface area (Å²) in [6.45, 7) is 0.955. The van der Waals surface area contributed by atoms with Crippen LogP contribution in [0.5, 0.6) is 17.2 Å². The third kappa shape index (κ3) is 4.06. The highest BCUT2D eigenvalue weighted by molar-refractivity contribution is 7.99. The summed E-state index contributed by atoms with van der Waals surface area (Å²) >= 11 is 2.86. The average molecular weight is 521 g/mol. The van der Waals surface area contributed by atoms with Crippen LogP contribution < -0.4 is 19.8 Å².